The lowest BCUT2D eigenvalue weighted by molar-refractivity contribution is 0.229. The van der Waals surface area contributed by atoms with E-state index in [1.807, 2.05) is 13.8 Å². The molecular formula is C18H25FN3O5PS. The summed E-state index contributed by atoms with van der Waals surface area (Å²) in [4.78, 5) is 8.83. The number of rotatable bonds is 8. The molecule has 2 rings (SSSR count). The molecule has 0 amide bonds. The van der Waals surface area contributed by atoms with Gasteiger partial charge in [-0.3, -0.25) is 4.57 Å². The van der Waals surface area contributed by atoms with E-state index in [-0.39, 0.29) is 18.5 Å². The maximum atomic E-state index is 13.4. The number of benzene rings is 1. The van der Waals surface area contributed by atoms with Crippen LogP contribution in [0.3, 0.4) is 0 Å². The van der Waals surface area contributed by atoms with Crippen molar-refractivity contribution in [1.82, 2.24) is 9.97 Å². The molecule has 0 aliphatic rings. The predicted molar refractivity (Wildman–Crippen MR) is 110 cm³/mol. The molecule has 0 aliphatic heterocycles. The molecule has 0 aliphatic carbocycles. The fourth-order valence-electron chi connectivity index (χ4n) is 2.48. The van der Waals surface area contributed by atoms with Gasteiger partial charge in [-0.1, -0.05) is 13.8 Å². The Balaban J connectivity index is 2.74. The summed E-state index contributed by atoms with van der Waals surface area (Å²) < 4.78 is 61.0. The molecule has 8 nitrogen and oxygen atoms in total. The van der Waals surface area contributed by atoms with Gasteiger partial charge in [-0.05, 0) is 30.2 Å². The van der Waals surface area contributed by atoms with E-state index in [0.717, 1.165) is 10.6 Å². The topological polar surface area (TPSA) is 98.7 Å². The smallest absolute Gasteiger partial charge is 0.312 e. The van der Waals surface area contributed by atoms with E-state index < -0.39 is 23.4 Å². The zero-order valence-corrected chi connectivity index (χ0v) is 18.9. The molecule has 1 aromatic heterocycles. The monoisotopic (exact) mass is 445 g/mol. The second-order valence-electron chi connectivity index (χ2n) is 6.86. The minimum absolute atomic E-state index is 0.0225. The van der Waals surface area contributed by atoms with Gasteiger partial charge in [0.1, 0.15) is 5.82 Å². The van der Waals surface area contributed by atoms with E-state index in [4.69, 9.17) is 9.05 Å². The standard InChI is InChI=1S/C18H25FN3O5PS/c1-12(2)16-15(11-27-28(5,23)26-4)17(13-7-9-14(19)10-8-13)21-18(20-16)22(3)29(6,24)25/h7-10,12H,11H2,1-6H3. The Kier molecular flexibility index (Phi) is 7.16. The van der Waals surface area contributed by atoms with Crippen molar-refractivity contribution in [1.29, 1.82) is 0 Å². The number of hydrogen-bond acceptors (Lipinski definition) is 7. The molecule has 1 heterocycles. The average Bonchev–Trinajstić information content (AvgIpc) is 2.65. The summed E-state index contributed by atoms with van der Waals surface area (Å²) in [7, 11) is -4.26. The van der Waals surface area contributed by atoms with Gasteiger partial charge in [-0.15, -0.1) is 0 Å². The van der Waals surface area contributed by atoms with Crippen LogP contribution in [0, 0.1) is 5.82 Å². The van der Waals surface area contributed by atoms with Crippen LogP contribution in [0.5, 0.6) is 0 Å². The molecule has 0 radical (unpaired) electrons. The number of halogens is 1. The minimum atomic E-state index is -3.60. The Morgan fingerprint density at radius 2 is 1.79 bits per heavy atom. The highest BCUT2D eigenvalue weighted by Crippen LogP contribution is 2.44. The molecule has 0 spiro atoms. The first-order chi connectivity index (χ1) is 13.4. The largest absolute Gasteiger partial charge is 0.327 e. The Bertz CT molecular complexity index is 1030. The number of nitrogens with zero attached hydrogens (tertiary/aromatic N) is 3. The van der Waals surface area contributed by atoms with Crippen LogP contribution in [-0.4, -0.2) is 45.5 Å². The van der Waals surface area contributed by atoms with E-state index in [1.165, 1.54) is 45.1 Å². The van der Waals surface area contributed by atoms with Gasteiger partial charge in [0.05, 0.1) is 24.3 Å². The van der Waals surface area contributed by atoms with Gasteiger partial charge in [-0.25, -0.2) is 27.1 Å². The van der Waals surface area contributed by atoms with E-state index in [0.29, 0.717) is 22.5 Å². The van der Waals surface area contributed by atoms with Crippen LogP contribution in [0.4, 0.5) is 10.3 Å². The van der Waals surface area contributed by atoms with Gasteiger partial charge in [0.25, 0.3) is 0 Å². The van der Waals surface area contributed by atoms with Gasteiger partial charge in [-0.2, -0.15) is 0 Å². The lowest BCUT2D eigenvalue weighted by atomic mass is 9.99. The van der Waals surface area contributed by atoms with Crippen LogP contribution in [0.1, 0.15) is 31.0 Å². The average molecular weight is 445 g/mol. The quantitative estimate of drug-likeness (QED) is 0.570. The molecular weight excluding hydrogens is 420 g/mol. The fourth-order valence-corrected chi connectivity index (χ4v) is 3.33. The van der Waals surface area contributed by atoms with Gasteiger partial charge < -0.3 is 9.05 Å². The molecule has 11 heteroatoms. The van der Waals surface area contributed by atoms with Crippen molar-refractivity contribution in [3.05, 3.63) is 41.3 Å². The fraction of sp³-hybridized carbons (Fsp3) is 0.444. The SMILES string of the molecule is COP(C)(=O)OCc1c(-c2ccc(F)cc2)nc(N(C)S(C)(=O)=O)nc1C(C)C. The van der Waals surface area contributed by atoms with Gasteiger partial charge >= 0.3 is 7.60 Å². The first-order valence-corrected chi connectivity index (χ1v) is 12.6. The van der Waals surface area contributed by atoms with E-state index in [9.17, 15) is 17.4 Å². The number of aromatic nitrogens is 2. The minimum Gasteiger partial charge on any atom is -0.312 e. The van der Waals surface area contributed by atoms with Crippen LogP contribution in [0.2, 0.25) is 0 Å². The lowest BCUT2D eigenvalue weighted by Gasteiger charge is -2.22. The molecule has 29 heavy (non-hydrogen) atoms. The zero-order valence-electron chi connectivity index (χ0n) is 17.2. The third kappa shape index (κ3) is 5.82. The van der Waals surface area contributed by atoms with Crippen molar-refractivity contribution in [2.75, 3.05) is 31.4 Å². The van der Waals surface area contributed by atoms with Crippen molar-refractivity contribution in [3.63, 3.8) is 0 Å². The molecule has 0 N–H and O–H groups in total. The molecule has 1 atom stereocenters. The number of sulfonamides is 1. The molecule has 1 unspecified atom stereocenters. The van der Waals surface area contributed by atoms with Crippen molar-refractivity contribution in [2.45, 2.75) is 26.4 Å². The normalized spacial score (nSPS) is 14.1. The molecule has 0 bridgehead atoms. The van der Waals surface area contributed by atoms with Crippen molar-refractivity contribution < 1.29 is 26.4 Å². The highest BCUT2D eigenvalue weighted by atomic mass is 32.2. The van der Waals surface area contributed by atoms with Gasteiger partial charge in [0.15, 0.2) is 0 Å². The Morgan fingerprint density at radius 3 is 2.28 bits per heavy atom. The third-order valence-electron chi connectivity index (χ3n) is 4.25. The summed E-state index contributed by atoms with van der Waals surface area (Å²) in [6.45, 7) is 4.98. The summed E-state index contributed by atoms with van der Waals surface area (Å²) >= 11 is 0. The Hall–Kier alpha value is -1.87. The van der Waals surface area contributed by atoms with Crippen molar-refractivity contribution in [3.8, 4) is 11.3 Å². The summed E-state index contributed by atoms with van der Waals surface area (Å²) in [5, 5.41) is 0. The Labute approximate surface area is 170 Å². The van der Waals surface area contributed by atoms with Crippen LogP contribution in [0.25, 0.3) is 11.3 Å². The summed E-state index contributed by atoms with van der Waals surface area (Å²) in [5.41, 5.74) is 1.96. The van der Waals surface area contributed by atoms with Crippen molar-refractivity contribution >= 4 is 23.6 Å². The summed E-state index contributed by atoms with van der Waals surface area (Å²) in [6.07, 6.45) is 1.05. The molecule has 0 saturated heterocycles. The highest BCUT2D eigenvalue weighted by Gasteiger charge is 2.25. The number of anilines is 1. The van der Waals surface area contributed by atoms with E-state index in [2.05, 4.69) is 9.97 Å². The predicted octanol–water partition coefficient (Wildman–Crippen LogP) is 3.79. The number of hydrogen-bond donors (Lipinski definition) is 0. The second kappa shape index (κ2) is 8.87. The van der Waals surface area contributed by atoms with Crippen LogP contribution in [-0.2, 0) is 30.2 Å². The molecule has 1 aromatic carbocycles. The maximum absolute atomic E-state index is 13.4. The summed E-state index contributed by atoms with van der Waals surface area (Å²) in [5.74, 6) is -0.567. The zero-order chi connectivity index (χ0) is 22.0. The second-order valence-corrected chi connectivity index (χ2v) is 11.0. The first kappa shape index (κ1) is 23.4. The lowest BCUT2D eigenvalue weighted by Crippen LogP contribution is -2.28. The van der Waals surface area contributed by atoms with Crippen LogP contribution >= 0.6 is 7.60 Å². The van der Waals surface area contributed by atoms with Crippen LogP contribution < -0.4 is 4.31 Å². The maximum Gasteiger partial charge on any atom is 0.327 e. The van der Waals surface area contributed by atoms with Crippen LogP contribution in [0.15, 0.2) is 24.3 Å². The molecule has 160 valence electrons. The third-order valence-corrected chi connectivity index (χ3v) is 6.67. The molecule has 0 fully saturated rings. The molecule has 0 saturated carbocycles. The van der Waals surface area contributed by atoms with E-state index >= 15 is 0 Å². The van der Waals surface area contributed by atoms with Gasteiger partial charge in [0.2, 0.25) is 16.0 Å². The van der Waals surface area contributed by atoms with Crippen molar-refractivity contribution in [2.24, 2.45) is 0 Å². The highest BCUT2D eigenvalue weighted by molar-refractivity contribution is 7.92. The first-order valence-electron chi connectivity index (χ1n) is 8.74. The van der Waals surface area contributed by atoms with Gasteiger partial charge in [0, 0.05) is 31.9 Å². The Morgan fingerprint density at radius 1 is 1.21 bits per heavy atom. The van der Waals surface area contributed by atoms with E-state index in [1.54, 1.807) is 0 Å². The summed E-state index contributed by atoms with van der Waals surface area (Å²) in [6, 6.07) is 5.60. The molecule has 2 aromatic rings.